The summed E-state index contributed by atoms with van der Waals surface area (Å²) < 4.78 is 70.6. The number of unbranched alkanes of at least 4 members (excludes halogenated alkanes) is 2. The monoisotopic (exact) mass is 1600 g/mol. The number of hydrogen-bond acceptors (Lipinski definition) is 16. The Morgan fingerprint density at radius 3 is 1.66 bits per heavy atom. The van der Waals surface area contributed by atoms with Crippen molar-refractivity contribution in [2.24, 2.45) is 0 Å². The molecule has 3 unspecified atom stereocenters. The number of halogens is 3. The molecule has 0 aromatic heterocycles. The molecule has 0 spiro atoms. The van der Waals surface area contributed by atoms with Gasteiger partial charge >= 0.3 is 29.6 Å². The maximum atomic E-state index is 13.0. The number of amides is 3. The number of fused-ring (bicyclic) bond motifs is 6. The van der Waals surface area contributed by atoms with Gasteiger partial charge in [-0.05, 0) is 146 Å². The Kier molecular flexibility index (Phi) is 28.3. The molecule has 0 radical (unpaired) electrons. The van der Waals surface area contributed by atoms with Crippen LogP contribution in [0.15, 0.2) is 121 Å². The summed E-state index contributed by atoms with van der Waals surface area (Å²) >= 11 is 5.47. The molecular formula is C62H73I3N5NaO15S2. The molecule has 3 amide bonds. The van der Waals surface area contributed by atoms with Gasteiger partial charge in [0.1, 0.15) is 6.54 Å². The molecule has 5 aromatic rings. The maximum Gasteiger partial charge on any atom is 1.00 e. The van der Waals surface area contributed by atoms with Crippen LogP contribution in [0.3, 0.4) is 0 Å². The first-order valence-electron chi connectivity index (χ1n) is 28.0. The number of aliphatic hydroxyl groups is 6. The maximum absolute atomic E-state index is 13.0. The van der Waals surface area contributed by atoms with Crippen LogP contribution >= 0.6 is 67.8 Å². The van der Waals surface area contributed by atoms with Gasteiger partial charge in [0.05, 0.1) is 94.3 Å². The van der Waals surface area contributed by atoms with Crippen LogP contribution in [-0.4, -0.2) is 167 Å². The minimum atomic E-state index is -4.26. The average molecular weight is 1600 g/mol. The van der Waals surface area contributed by atoms with Crippen molar-refractivity contribution in [2.75, 3.05) is 73.8 Å². The fourth-order valence-corrected chi connectivity index (χ4v) is 16.6. The van der Waals surface area contributed by atoms with Crippen LogP contribution in [0, 0.1) is 10.7 Å². The van der Waals surface area contributed by atoms with E-state index in [1.165, 1.54) is 28.8 Å². The minimum Gasteiger partial charge on any atom is -0.748 e. The number of aliphatic hydroxyl groups excluding tert-OH is 6. The largest absolute Gasteiger partial charge is 1.00 e. The van der Waals surface area contributed by atoms with E-state index in [2.05, 4.69) is 121 Å². The fourth-order valence-electron chi connectivity index (χ4n) is 10.8. The number of rotatable bonds is 26. The SMILES string of the molecule is CC(=O)N(CC(O)CO)c1c(I)c(C(=O)NCC(O)CO)c(I)c(C(=O)NCC(O)CO)c1I.CC1(C)C(/C=C/C=C/C=C/C=C2\N(CCCCS(=O)(=O)[O-])c3ccc4ccccc4c3C2(C)C)=[N+](CCCCS(=O)(=O)[O-])c2ccc3ccccc3c21.[Na+]. The Hall–Kier alpha value is -3.77. The van der Waals surface area contributed by atoms with Gasteiger partial charge in [-0.2, -0.15) is 4.58 Å². The summed E-state index contributed by atoms with van der Waals surface area (Å²) in [5.74, 6) is -2.62. The number of benzene rings is 5. The van der Waals surface area contributed by atoms with Crippen LogP contribution in [0.25, 0.3) is 21.5 Å². The quantitative estimate of drug-likeness (QED) is 0.00976. The Morgan fingerprint density at radius 1 is 0.648 bits per heavy atom. The van der Waals surface area contributed by atoms with E-state index in [4.69, 9.17) is 10.2 Å². The Bertz CT molecular complexity index is 3710. The van der Waals surface area contributed by atoms with Crippen molar-refractivity contribution in [3.8, 4) is 0 Å². The minimum absolute atomic E-state index is 0. The fraction of sp³-hybridized carbons (Fsp3) is 0.387. The second-order valence-electron chi connectivity index (χ2n) is 22.0. The van der Waals surface area contributed by atoms with Crippen LogP contribution in [0.5, 0.6) is 0 Å². The smallest absolute Gasteiger partial charge is 0.748 e. The standard InChI is InChI=1S/C43H48N2O6S2.C19H26I3N3O9.Na/c1-42(2)38(44(28-14-16-30-52(46,47)48)36-26-24-32-18-10-12-20-34(32)40(36)42)22-8-6-5-7-9-23-39-43(3,4)41-35-21-13-11-19-33(35)25-27-37(41)45(39)29-15-17-31-53(49,50)51;1-8(29)25(4-11(32)7-28)17-15(21)12(18(33)23-2-9(30)5-26)14(20)13(16(17)22)19(34)24-3-10(31)6-27;/h5-13,18-27H,14-17,28-31H2,1-4H3,(H-,46,47,48,49,50,51);9-11,26-28,30-32H,2-7H2,1H3,(H,23,33)(H,24,34);/q;;+1/p-1. The van der Waals surface area contributed by atoms with Crippen molar-refractivity contribution in [2.45, 2.75) is 89.4 Å². The zero-order chi connectivity index (χ0) is 64.2. The van der Waals surface area contributed by atoms with E-state index in [0.29, 0.717) is 38.8 Å². The first-order valence-corrected chi connectivity index (χ1v) is 34.4. The topological polar surface area (TPSA) is 321 Å². The molecule has 26 heteroatoms. The third-order valence-electron chi connectivity index (χ3n) is 14.9. The number of allylic oxidation sites excluding steroid dienone is 8. The van der Waals surface area contributed by atoms with Crippen LogP contribution in [0.1, 0.15) is 92.1 Å². The zero-order valence-electron chi connectivity index (χ0n) is 49.8. The molecule has 2 aliphatic rings. The third kappa shape index (κ3) is 18.7. The summed E-state index contributed by atoms with van der Waals surface area (Å²) in [5.41, 5.74) is 6.40. The van der Waals surface area contributed by atoms with Crippen molar-refractivity contribution in [1.29, 1.82) is 0 Å². The molecule has 3 atom stereocenters. The second kappa shape index (κ2) is 33.2. The summed E-state index contributed by atoms with van der Waals surface area (Å²) in [6.45, 7) is 8.63. The van der Waals surface area contributed by atoms with E-state index < -0.39 is 76.1 Å². The molecule has 20 nitrogen and oxygen atoms in total. The Labute approximate surface area is 577 Å². The Morgan fingerprint density at radius 2 is 1.14 bits per heavy atom. The number of nitrogens with zero attached hydrogens (tertiary/aromatic N) is 3. The van der Waals surface area contributed by atoms with E-state index in [1.807, 2.05) is 87.7 Å². The molecular weight excluding hydrogens is 1520 g/mol. The van der Waals surface area contributed by atoms with Crippen LogP contribution in [0.4, 0.5) is 17.1 Å². The van der Waals surface area contributed by atoms with Crippen LogP contribution in [0.2, 0.25) is 0 Å². The molecule has 88 heavy (non-hydrogen) atoms. The molecule has 2 aliphatic heterocycles. The molecule has 0 saturated carbocycles. The van der Waals surface area contributed by atoms with Gasteiger partial charge in [0.15, 0.2) is 5.71 Å². The van der Waals surface area contributed by atoms with Gasteiger partial charge < -0.3 is 60.2 Å². The molecule has 5 aromatic carbocycles. The molecule has 2 heterocycles. The number of carbonyl (C=O) groups is 3. The molecule has 0 bridgehead atoms. The number of anilines is 2. The van der Waals surface area contributed by atoms with E-state index in [1.54, 1.807) is 22.6 Å². The van der Waals surface area contributed by atoms with Crippen molar-refractivity contribution >= 4 is 150 Å². The number of carbonyl (C=O) groups excluding carboxylic acids is 3. The van der Waals surface area contributed by atoms with Gasteiger partial charge in [-0.25, -0.2) is 16.8 Å². The third-order valence-corrected chi connectivity index (χ3v) is 19.7. The Balaban J connectivity index is 0.000000351. The summed E-state index contributed by atoms with van der Waals surface area (Å²) in [6.07, 6.45) is 12.3. The summed E-state index contributed by atoms with van der Waals surface area (Å²) in [7, 11) is -8.52. The van der Waals surface area contributed by atoms with Gasteiger partial charge in [0, 0.05) is 82.6 Å². The van der Waals surface area contributed by atoms with Crippen molar-refractivity contribution in [3.63, 3.8) is 0 Å². The first kappa shape index (κ1) is 75.0. The zero-order valence-corrected chi connectivity index (χ0v) is 59.9. The van der Waals surface area contributed by atoms with Crippen LogP contribution < -0.4 is 50.0 Å². The molecule has 0 aliphatic carbocycles. The predicted octanol–water partition coefficient (Wildman–Crippen LogP) is 3.75. The van der Waals surface area contributed by atoms with Crippen molar-refractivity contribution in [1.82, 2.24) is 10.6 Å². The van der Waals surface area contributed by atoms with Gasteiger partial charge in [0.25, 0.3) is 11.8 Å². The van der Waals surface area contributed by atoms with Gasteiger partial charge in [-0.15, -0.1) is 0 Å². The van der Waals surface area contributed by atoms with Crippen molar-refractivity contribution in [3.05, 3.63) is 154 Å². The second-order valence-corrected chi connectivity index (χ2v) is 28.3. The van der Waals surface area contributed by atoms with E-state index in [-0.39, 0.29) is 99.1 Å². The molecule has 8 N–H and O–H groups in total. The molecule has 0 fully saturated rings. The van der Waals surface area contributed by atoms with Gasteiger partial charge in [-0.3, -0.25) is 14.4 Å². The summed E-state index contributed by atoms with van der Waals surface area (Å²) in [4.78, 5) is 41.9. The summed E-state index contributed by atoms with van der Waals surface area (Å²) in [6, 6.07) is 25.2. The van der Waals surface area contributed by atoms with Crippen LogP contribution in [-0.2, 0) is 35.9 Å². The molecule has 470 valence electrons. The van der Waals surface area contributed by atoms with Crippen molar-refractivity contribution < 1.29 is 105 Å². The first-order chi connectivity index (χ1) is 41.0. The molecule has 0 saturated heterocycles. The average Bonchev–Trinajstić information content (AvgIpc) is 1.55. The summed E-state index contributed by atoms with van der Waals surface area (Å²) in [5, 5.41) is 66.0. The van der Waals surface area contributed by atoms with E-state index in [9.17, 15) is 60.8 Å². The van der Waals surface area contributed by atoms with E-state index >= 15 is 0 Å². The molecule has 7 rings (SSSR count). The normalized spacial score (nSPS) is 16.0. The predicted molar refractivity (Wildman–Crippen MR) is 361 cm³/mol. The van der Waals surface area contributed by atoms with Gasteiger partial charge in [0.2, 0.25) is 11.6 Å². The van der Waals surface area contributed by atoms with Gasteiger partial charge in [-0.1, -0.05) is 98.8 Å². The number of nitrogens with one attached hydrogen (secondary N) is 2. The van der Waals surface area contributed by atoms with E-state index in [0.717, 1.165) is 38.5 Å². The number of hydrogen-bond donors (Lipinski definition) is 8.